The third-order valence-electron chi connectivity index (χ3n) is 2.19. The van der Waals surface area contributed by atoms with Crippen molar-refractivity contribution in [2.75, 3.05) is 6.61 Å². The Hall–Kier alpha value is -1.62. The Labute approximate surface area is 108 Å². The predicted molar refractivity (Wildman–Crippen MR) is 73.5 cm³/mol. The van der Waals surface area contributed by atoms with Gasteiger partial charge >= 0.3 is 5.97 Å². The molecule has 0 fully saturated rings. The van der Waals surface area contributed by atoms with E-state index in [2.05, 4.69) is 30.7 Å². The molecule has 0 radical (unpaired) electrons. The first-order chi connectivity index (χ1) is 8.38. The third kappa shape index (κ3) is 5.63. The van der Waals surface area contributed by atoms with Gasteiger partial charge in [0.15, 0.2) is 0 Å². The van der Waals surface area contributed by atoms with Crippen LogP contribution in [0.5, 0.6) is 5.88 Å². The van der Waals surface area contributed by atoms with Crippen LogP contribution in [0.15, 0.2) is 30.5 Å². The van der Waals surface area contributed by atoms with Gasteiger partial charge in [-0.3, -0.25) is 0 Å². The Kier molecular flexibility index (Phi) is 5.09. The second-order valence-electron chi connectivity index (χ2n) is 5.24. The van der Waals surface area contributed by atoms with E-state index in [1.807, 2.05) is 6.08 Å². The number of ether oxygens (including phenoxy) is 1. The van der Waals surface area contributed by atoms with Crippen molar-refractivity contribution in [3.63, 3.8) is 0 Å². The molecule has 0 bridgehead atoms. The van der Waals surface area contributed by atoms with Crippen LogP contribution in [0.25, 0.3) is 0 Å². The van der Waals surface area contributed by atoms with Gasteiger partial charge in [-0.1, -0.05) is 31.8 Å². The molecule has 0 atom stereocenters. The summed E-state index contributed by atoms with van der Waals surface area (Å²) in [5.41, 5.74) is 0.339. The lowest BCUT2D eigenvalue weighted by Gasteiger charge is -2.11. The normalized spacial score (nSPS) is 11.7. The van der Waals surface area contributed by atoms with Crippen molar-refractivity contribution in [1.29, 1.82) is 0 Å². The molecule has 0 unspecified atom stereocenters. The van der Waals surface area contributed by atoms with Crippen LogP contribution in [-0.2, 0) is 4.74 Å². The first-order valence-electron chi connectivity index (χ1n) is 5.86. The second-order valence-corrected chi connectivity index (χ2v) is 10.8. The highest BCUT2D eigenvalue weighted by Crippen LogP contribution is 2.09. The number of allylic oxidation sites excluding steroid dienone is 1. The van der Waals surface area contributed by atoms with Gasteiger partial charge in [0.1, 0.15) is 6.61 Å². The number of aromatic hydroxyl groups is 1. The van der Waals surface area contributed by atoms with E-state index in [0.717, 1.165) is 6.04 Å². The number of pyridine rings is 1. The second kappa shape index (κ2) is 6.35. The lowest BCUT2D eigenvalue weighted by atomic mass is 10.3. The SMILES string of the molecule is C[Si](C)(C)CC=CCOC(=O)c1ccc(O)nc1. The van der Waals surface area contributed by atoms with Gasteiger partial charge in [0.05, 0.1) is 5.56 Å². The summed E-state index contributed by atoms with van der Waals surface area (Å²) in [4.78, 5) is 15.2. The Morgan fingerprint density at radius 2 is 2.11 bits per heavy atom. The quantitative estimate of drug-likeness (QED) is 0.505. The number of carbonyl (C=O) groups is 1. The Morgan fingerprint density at radius 3 is 2.67 bits per heavy atom. The number of aromatic nitrogens is 1. The summed E-state index contributed by atoms with van der Waals surface area (Å²) in [6, 6.07) is 3.92. The monoisotopic (exact) mass is 265 g/mol. The zero-order chi connectivity index (χ0) is 13.6. The van der Waals surface area contributed by atoms with Crippen LogP contribution in [-0.4, -0.2) is 30.7 Å². The fourth-order valence-electron chi connectivity index (χ4n) is 1.22. The minimum atomic E-state index is -1.07. The Morgan fingerprint density at radius 1 is 1.39 bits per heavy atom. The van der Waals surface area contributed by atoms with E-state index in [1.54, 1.807) is 0 Å². The molecule has 1 rings (SSSR count). The van der Waals surface area contributed by atoms with E-state index in [0.29, 0.717) is 5.56 Å². The molecule has 0 aliphatic heterocycles. The van der Waals surface area contributed by atoms with Crippen molar-refractivity contribution >= 4 is 14.0 Å². The van der Waals surface area contributed by atoms with E-state index in [9.17, 15) is 4.79 Å². The number of carbonyl (C=O) groups excluding carboxylic acids is 1. The zero-order valence-electron chi connectivity index (χ0n) is 11.0. The molecule has 1 aromatic rings. The largest absolute Gasteiger partial charge is 0.493 e. The van der Waals surface area contributed by atoms with Crippen LogP contribution in [0.1, 0.15) is 10.4 Å². The van der Waals surface area contributed by atoms with E-state index >= 15 is 0 Å². The molecule has 1 heterocycles. The Balaban J connectivity index is 2.36. The molecule has 0 amide bonds. The number of hydrogen-bond donors (Lipinski definition) is 1. The molecule has 5 heteroatoms. The fraction of sp³-hybridized carbons (Fsp3) is 0.385. The summed E-state index contributed by atoms with van der Waals surface area (Å²) in [6.07, 6.45) is 5.22. The lowest BCUT2D eigenvalue weighted by molar-refractivity contribution is 0.0549. The zero-order valence-corrected chi connectivity index (χ0v) is 12.0. The topological polar surface area (TPSA) is 59.4 Å². The summed E-state index contributed by atoms with van der Waals surface area (Å²) in [5, 5.41) is 8.99. The van der Waals surface area contributed by atoms with Gasteiger partial charge in [-0.05, 0) is 12.1 Å². The molecule has 0 saturated heterocycles. The van der Waals surface area contributed by atoms with Gasteiger partial charge in [0, 0.05) is 20.3 Å². The van der Waals surface area contributed by atoms with Gasteiger partial charge in [0.25, 0.3) is 0 Å². The highest BCUT2D eigenvalue weighted by molar-refractivity contribution is 6.76. The van der Waals surface area contributed by atoms with Crippen molar-refractivity contribution in [2.24, 2.45) is 0 Å². The summed E-state index contributed by atoms with van der Waals surface area (Å²) >= 11 is 0. The molecule has 0 aromatic carbocycles. The minimum absolute atomic E-state index is 0.110. The van der Waals surface area contributed by atoms with Crippen molar-refractivity contribution in [2.45, 2.75) is 25.7 Å². The molecular formula is C13H19NO3Si. The predicted octanol–water partition coefficient (Wildman–Crippen LogP) is 2.84. The van der Waals surface area contributed by atoms with Crippen molar-refractivity contribution in [3.8, 4) is 5.88 Å². The molecule has 18 heavy (non-hydrogen) atoms. The fourth-order valence-corrected chi connectivity index (χ4v) is 2.09. The molecule has 1 aromatic heterocycles. The third-order valence-corrected chi connectivity index (χ3v) is 3.65. The molecule has 0 aliphatic carbocycles. The van der Waals surface area contributed by atoms with E-state index in [4.69, 9.17) is 9.84 Å². The average Bonchev–Trinajstić information content (AvgIpc) is 2.27. The summed E-state index contributed by atoms with van der Waals surface area (Å²) in [5.74, 6) is -0.540. The number of nitrogens with zero attached hydrogens (tertiary/aromatic N) is 1. The van der Waals surface area contributed by atoms with Gasteiger partial charge in [-0.15, -0.1) is 0 Å². The number of rotatable bonds is 5. The molecule has 0 spiro atoms. The van der Waals surface area contributed by atoms with E-state index < -0.39 is 14.0 Å². The van der Waals surface area contributed by atoms with Crippen molar-refractivity contribution in [3.05, 3.63) is 36.0 Å². The summed E-state index contributed by atoms with van der Waals surface area (Å²) < 4.78 is 5.05. The smallest absolute Gasteiger partial charge is 0.340 e. The van der Waals surface area contributed by atoms with Gasteiger partial charge in [-0.25, -0.2) is 9.78 Å². The minimum Gasteiger partial charge on any atom is -0.493 e. The van der Waals surface area contributed by atoms with Gasteiger partial charge in [0.2, 0.25) is 5.88 Å². The van der Waals surface area contributed by atoms with Crippen LogP contribution in [0.4, 0.5) is 0 Å². The average molecular weight is 265 g/mol. The van der Waals surface area contributed by atoms with E-state index in [1.165, 1.54) is 18.3 Å². The standard InChI is InChI=1S/C13H19NO3Si/c1-18(2,3)9-5-4-8-17-13(16)11-6-7-12(15)14-10-11/h4-7,10H,8-9H2,1-3H3,(H,14,15). The summed E-state index contributed by atoms with van der Waals surface area (Å²) in [6.45, 7) is 7.12. The molecule has 0 aliphatic rings. The Bertz CT molecular complexity index is 421. The molecule has 0 saturated carbocycles. The van der Waals surface area contributed by atoms with E-state index in [-0.39, 0.29) is 12.5 Å². The van der Waals surface area contributed by atoms with Gasteiger partial charge in [-0.2, -0.15) is 0 Å². The van der Waals surface area contributed by atoms with Crippen molar-refractivity contribution < 1.29 is 14.6 Å². The van der Waals surface area contributed by atoms with Gasteiger partial charge < -0.3 is 9.84 Å². The van der Waals surface area contributed by atoms with Crippen LogP contribution in [0.3, 0.4) is 0 Å². The number of esters is 1. The lowest BCUT2D eigenvalue weighted by Crippen LogP contribution is -2.17. The van der Waals surface area contributed by atoms with Crippen molar-refractivity contribution in [1.82, 2.24) is 4.98 Å². The maximum Gasteiger partial charge on any atom is 0.340 e. The number of hydrogen-bond acceptors (Lipinski definition) is 4. The van der Waals surface area contributed by atoms with Crippen LogP contribution < -0.4 is 0 Å². The highest BCUT2D eigenvalue weighted by Gasteiger charge is 2.09. The maximum atomic E-state index is 11.5. The molecule has 4 nitrogen and oxygen atoms in total. The molecule has 98 valence electrons. The molecular weight excluding hydrogens is 246 g/mol. The first-order valence-corrected chi connectivity index (χ1v) is 9.56. The summed E-state index contributed by atoms with van der Waals surface area (Å²) in [7, 11) is -1.07. The first kappa shape index (κ1) is 14.4. The van der Waals surface area contributed by atoms with Crippen LogP contribution in [0, 0.1) is 0 Å². The highest BCUT2D eigenvalue weighted by atomic mass is 28.3. The van der Waals surface area contributed by atoms with Crippen LogP contribution >= 0.6 is 0 Å². The molecule has 1 N–H and O–H groups in total. The maximum absolute atomic E-state index is 11.5. The van der Waals surface area contributed by atoms with Crippen LogP contribution in [0.2, 0.25) is 25.7 Å².